The largest absolute Gasteiger partial charge is 0.432 e. The van der Waals surface area contributed by atoms with Gasteiger partial charge in [-0.3, -0.25) is 0 Å². The van der Waals surface area contributed by atoms with Gasteiger partial charge >= 0.3 is 18.3 Å². The second-order valence-corrected chi connectivity index (χ2v) is 3.60. The molecular formula is C11H8F6O2. The maximum Gasteiger partial charge on any atom is 0.432 e. The minimum absolute atomic E-state index is 0.318. The van der Waals surface area contributed by atoms with Crippen molar-refractivity contribution in [3.8, 4) is 0 Å². The molecule has 1 atom stereocenters. The molecular weight excluding hydrogens is 278 g/mol. The molecule has 0 saturated heterocycles. The molecule has 0 bridgehead atoms. The number of alkyl halides is 6. The fraction of sp³-hybridized carbons (Fsp3) is 0.364. The predicted octanol–water partition coefficient (Wildman–Crippen LogP) is 3.73. The van der Waals surface area contributed by atoms with Gasteiger partial charge in [-0.05, 0) is 12.1 Å². The topological polar surface area (TPSA) is 26.3 Å². The molecule has 2 nitrogen and oxygen atoms in total. The van der Waals surface area contributed by atoms with Gasteiger partial charge in [0.2, 0.25) is 6.17 Å². The minimum Gasteiger partial charge on any atom is -0.395 e. The van der Waals surface area contributed by atoms with Gasteiger partial charge in [-0.25, -0.2) is 9.18 Å². The third-order valence-corrected chi connectivity index (χ3v) is 2.01. The number of halogens is 6. The van der Waals surface area contributed by atoms with Gasteiger partial charge < -0.3 is 4.74 Å². The molecule has 1 aromatic carbocycles. The van der Waals surface area contributed by atoms with Crippen LogP contribution in [0.5, 0.6) is 0 Å². The van der Waals surface area contributed by atoms with E-state index in [9.17, 15) is 31.1 Å². The number of carbonyl (C=O) groups is 1. The van der Waals surface area contributed by atoms with Crippen LogP contribution in [-0.4, -0.2) is 24.4 Å². The molecule has 0 aliphatic rings. The number of benzene rings is 1. The average Bonchev–Trinajstić information content (AvgIpc) is 2.27. The van der Waals surface area contributed by atoms with Crippen LogP contribution in [0.15, 0.2) is 30.3 Å². The van der Waals surface area contributed by atoms with E-state index in [2.05, 4.69) is 4.74 Å². The molecule has 0 fully saturated rings. The molecule has 0 N–H and O–H groups in total. The highest BCUT2D eigenvalue weighted by molar-refractivity contribution is 5.89. The lowest BCUT2D eigenvalue weighted by Gasteiger charge is -2.21. The zero-order valence-corrected chi connectivity index (χ0v) is 9.26. The van der Waals surface area contributed by atoms with Crippen LogP contribution in [0, 0.1) is 0 Å². The Morgan fingerprint density at radius 2 is 1.63 bits per heavy atom. The zero-order chi connectivity index (χ0) is 14.7. The number of carbonyl (C=O) groups excluding carboxylic acids is 1. The number of hydrogen-bond donors (Lipinski definition) is 0. The Hall–Kier alpha value is -1.73. The van der Waals surface area contributed by atoms with E-state index in [4.69, 9.17) is 0 Å². The van der Waals surface area contributed by atoms with E-state index in [1.807, 2.05) is 0 Å². The molecule has 0 spiro atoms. The molecule has 0 aliphatic carbocycles. The minimum atomic E-state index is -5.12. The third kappa shape index (κ3) is 4.80. The van der Waals surface area contributed by atoms with Gasteiger partial charge in [-0.2, -0.15) is 22.0 Å². The molecule has 1 rings (SSSR count). The van der Waals surface area contributed by atoms with Gasteiger partial charge in [-0.15, -0.1) is 0 Å². The third-order valence-electron chi connectivity index (χ3n) is 2.01. The Labute approximate surface area is 104 Å². The summed E-state index contributed by atoms with van der Waals surface area (Å²) in [7, 11) is 0. The predicted molar refractivity (Wildman–Crippen MR) is 52.4 cm³/mol. The van der Waals surface area contributed by atoms with Gasteiger partial charge in [0.15, 0.2) is 0 Å². The van der Waals surface area contributed by atoms with Crippen LogP contribution < -0.4 is 0 Å². The fourth-order valence-electron chi connectivity index (χ4n) is 1.14. The Morgan fingerprint density at radius 1 is 1.11 bits per heavy atom. The molecule has 0 saturated carbocycles. The first-order valence-electron chi connectivity index (χ1n) is 4.99. The molecule has 1 aromatic rings. The van der Waals surface area contributed by atoms with Crippen molar-refractivity contribution in [3.63, 3.8) is 0 Å². The summed E-state index contributed by atoms with van der Waals surface area (Å²) >= 11 is 0. The average molecular weight is 286 g/mol. The number of esters is 1. The monoisotopic (exact) mass is 286 g/mol. The summed E-state index contributed by atoms with van der Waals surface area (Å²) in [6, 6.07) is 6.36. The Balaban J connectivity index is 2.71. The van der Waals surface area contributed by atoms with Crippen molar-refractivity contribution in [3.05, 3.63) is 35.9 Å². The first kappa shape index (κ1) is 15.3. The lowest BCUT2D eigenvalue weighted by atomic mass is 10.2. The van der Waals surface area contributed by atoms with Crippen LogP contribution in [0.2, 0.25) is 0 Å². The van der Waals surface area contributed by atoms with Crippen LogP contribution >= 0.6 is 0 Å². The quantitative estimate of drug-likeness (QED) is 0.622. The Morgan fingerprint density at radius 3 is 2.11 bits per heavy atom. The zero-order valence-electron chi connectivity index (χ0n) is 9.26. The van der Waals surface area contributed by atoms with Gasteiger partial charge in [0, 0.05) is 0 Å². The van der Waals surface area contributed by atoms with Gasteiger partial charge in [0.25, 0.3) is 0 Å². The van der Waals surface area contributed by atoms with E-state index in [-0.39, 0.29) is 5.56 Å². The van der Waals surface area contributed by atoms with E-state index in [0.717, 1.165) is 12.1 Å². The molecule has 19 heavy (non-hydrogen) atoms. The van der Waals surface area contributed by atoms with Crippen molar-refractivity contribution in [2.24, 2.45) is 0 Å². The van der Waals surface area contributed by atoms with E-state index in [0.29, 0.717) is 0 Å². The summed E-state index contributed by atoms with van der Waals surface area (Å²) in [5.74, 6) is -1.60. The summed E-state index contributed by atoms with van der Waals surface area (Å²) < 4.78 is 77.6. The van der Waals surface area contributed by atoms with Gasteiger partial charge in [0.05, 0.1) is 12.0 Å². The number of hydrogen-bond acceptors (Lipinski definition) is 2. The first-order chi connectivity index (χ1) is 8.62. The summed E-state index contributed by atoms with van der Waals surface area (Å²) in [5, 5.41) is 0. The molecule has 8 heteroatoms. The highest BCUT2D eigenvalue weighted by Crippen LogP contribution is 2.33. The second-order valence-electron chi connectivity index (χ2n) is 3.60. The van der Waals surface area contributed by atoms with Crippen molar-refractivity contribution < 1.29 is 35.9 Å². The van der Waals surface area contributed by atoms with Crippen LogP contribution in [0.25, 0.3) is 0 Å². The van der Waals surface area contributed by atoms with Crippen LogP contribution in [0.3, 0.4) is 0 Å². The number of ether oxygens (including phenoxy) is 1. The van der Waals surface area contributed by atoms with Crippen molar-refractivity contribution in [2.75, 3.05) is 0 Å². The molecule has 106 valence electrons. The van der Waals surface area contributed by atoms with E-state index < -0.39 is 30.8 Å². The van der Waals surface area contributed by atoms with Gasteiger partial charge in [0.1, 0.15) is 0 Å². The SMILES string of the molecule is O=C(OC(F)(F)C(F)CC(F)(F)F)c1ccccc1. The first-order valence-corrected chi connectivity index (χ1v) is 4.99. The van der Waals surface area contributed by atoms with Crippen molar-refractivity contribution in [2.45, 2.75) is 24.9 Å². The highest BCUT2D eigenvalue weighted by atomic mass is 19.4. The van der Waals surface area contributed by atoms with Crippen LogP contribution in [0.1, 0.15) is 16.8 Å². The fourth-order valence-corrected chi connectivity index (χ4v) is 1.14. The van der Waals surface area contributed by atoms with Crippen molar-refractivity contribution >= 4 is 5.97 Å². The summed E-state index contributed by atoms with van der Waals surface area (Å²) in [5.41, 5.74) is -0.318. The normalized spacial score (nSPS) is 14.0. The summed E-state index contributed by atoms with van der Waals surface area (Å²) in [6.07, 6.45) is -16.0. The molecule has 0 heterocycles. The van der Waals surface area contributed by atoms with Crippen LogP contribution in [-0.2, 0) is 4.74 Å². The van der Waals surface area contributed by atoms with Crippen molar-refractivity contribution in [1.82, 2.24) is 0 Å². The summed E-state index contributed by atoms with van der Waals surface area (Å²) in [4.78, 5) is 11.2. The lowest BCUT2D eigenvalue weighted by Crippen LogP contribution is -2.38. The molecule has 0 aliphatic heterocycles. The van der Waals surface area contributed by atoms with E-state index in [1.54, 1.807) is 0 Å². The Kier molecular flexibility index (Phi) is 4.43. The molecule has 0 amide bonds. The van der Waals surface area contributed by atoms with Crippen LogP contribution in [0.4, 0.5) is 26.3 Å². The Bertz CT molecular complexity index is 429. The molecule has 1 unspecified atom stereocenters. The highest BCUT2D eigenvalue weighted by Gasteiger charge is 2.50. The smallest absolute Gasteiger partial charge is 0.395 e. The standard InChI is InChI=1S/C11H8F6O2/c12-8(6-10(13,14)15)11(16,17)19-9(18)7-4-2-1-3-5-7/h1-5,8H,6H2. The maximum absolute atomic E-state index is 13.0. The second kappa shape index (κ2) is 5.50. The van der Waals surface area contributed by atoms with E-state index in [1.165, 1.54) is 18.2 Å². The molecule has 0 aromatic heterocycles. The lowest BCUT2D eigenvalue weighted by molar-refractivity contribution is -0.262. The van der Waals surface area contributed by atoms with E-state index >= 15 is 0 Å². The maximum atomic E-state index is 13.0. The van der Waals surface area contributed by atoms with Gasteiger partial charge in [-0.1, -0.05) is 18.2 Å². The molecule has 0 radical (unpaired) electrons. The van der Waals surface area contributed by atoms with Crippen molar-refractivity contribution in [1.29, 1.82) is 0 Å². The number of rotatable bonds is 4. The summed E-state index contributed by atoms with van der Waals surface area (Å²) in [6.45, 7) is 0.